The number of nitrogens with zero attached hydrogens (tertiary/aromatic N) is 1. The lowest BCUT2D eigenvalue weighted by Crippen LogP contribution is -2.56. The van der Waals surface area contributed by atoms with Gasteiger partial charge in [0.05, 0.1) is 17.4 Å². The maximum absolute atomic E-state index is 13.8. The maximum atomic E-state index is 13.8. The third-order valence-electron chi connectivity index (χ3n) is 9.84. The van der Waals surface area contributed by atoms with Gasteiger partial charge in [0.2, 0.25) is 5.91 Å². The number of hydrogen-bond acceptors (Lipinski definition) is 7. The number of hydrogen-bond donors (Lipinski definition) is 5. The highest BCUT2D eigenvalue weighted by molar-refractivity contribution is 8.22. The van der Waals surface area contributed by atoms with Crippen molar-refractivity contribution in [2.45, 2.75) is 107 Å². The van der Waals surface area contributed by atoms with Crippen LogP contribution >= 0.6 is 10.8 Å². The zero-order valence-electron chi connectivity index (χ0n) is 24.1. The van der Waals surface area contributed by atoms with Crippen LogP contribution in [0.2, 0.25) is 0 Å². The van der Waals surface area contributed by atoms with Crippen molar-refractivity contribution in [3.63, 3.8) is 0 Å². The molecule has 1 aliphatic carbocycles. The molecule has 8 atom stereocenters. The summed E-state index contributed by atoms with van der Waals surface area (Å²) in [6.45, 7) is 6.23. The van der Waals surface area contributed by atoms with Crippen molar-refractivity contribution in [3.05, 3.63) is 35.6 Å². The Labute approximate surface area is 240 Å². The molecule has 0 spiro atoms. The van der Waals surface area contributed by atoms with Crippen LogP contribution in [0.15, 0.2) is 24.3 Å². The second-order valence-corrected chi connectivity index (χ2v) is 15.3. The second-order valence-electron chi connectivity index (χ2n) is 13.2. The molecule has 1 saturated carbocycles. The van der Waals surface area contributed by atoms with Crippen molar-refractivity contribution in [2.24, 2.45) is 17.6 Å². The quantitative estimate of drug-likeness (QED) is 0.305. The van der Waals surface area contributed by atoms with E-state index >= 15 is 0 Å². The maximum Gasteiger partial charge on any atom is 0.237 e. The first kappa shape index (κ1) is 30.2. The molecule has 5 rings (SSSR count). The molecule has 226 valence electrons. The van der Waals surface area contributed by atoms with Crippen LogP contribution in [0.3, 0.4) is 0 Å². The normalized spacial score (nSPS) is 35.8. The van der Waals surface area contributed by atoms with Gasteiger partial charge >= 0.3 is 0 Å². The fourth-order valence-corrected chi connectivity index (χ4v) is 9.60. The lowest BCUT2D eigenvalue weighted by Gasteiger charge is -2.49. The number of ether oxygens (including phenoxy) is 1. The lowest BCUT2D eigenvalue weighted by molar-refractivity contribution is -0.125. The van der Waals surface area contributed by atoms with Crippen LogP contribution in [-0.2, 0) is 9.53 Å². The molecule has 2 bridgehead atoms. The highest BCUT2D eigenvalue weighted by Gasteiger charge is 2.41. The predicted octanol–water partition coefficient (Wildman–Crippen LogP) is 4.61. The van der Waals surface area contributed by atoms with Gasteiger partial charge in [-0.2, -0.15) is 0 Å². The number of fused-ring (bicyclic) bond motifs is 2. The second kappa shape index (κ2) is 12.5. The zero-order valence-corrected chi connectivity index (χ0v) is 24.9. The molecule has 4 fully saturated rings. The SMILES string of the molecule is CC1(C)CC([C@H](c2ccc(F)cc2)[C@H](N)C(=O)N[C@H]2CCC[C@@H]2CC[C@H]2CN[C@@H]3CCCS(O)(O)N2C3)CCO1. The van der Waals surface area contributed by atoms with Gasteiger partial charge in [0.15, 0.2) is 0 Å². The van der Waals surface area contributed by atoms with Gasteiger partial charge in [-0.1, -0.05) is 18.6 Å². The highest BCUT2D eigenvalue weighted by Crippen LogP contribution is 2.49. The van der Waals surface area contributed by atoms with Gasteiger partial charge in [0, 0.05) is 43.7 Å². The largest absolute Gasteiger partial charge is 0.376 e. The third-order valence-corrected chi connectivity index (χ3v) is 11.9. The fraction of sp³-hybridized carbons (Fsp3) is 0.767. The monoisotopic (exact) mass is 580 g/mol. The van der Waals surface area contributed by atoms with Crippen LogP contribution in [0.25, 0.3) is 0 Å². The highest BCUT2D eigenvalue weighted by atomic mass is 32.3. The molecular weight excluding hydrogens is 531 g/mol. The van der Waals surface area contributed by atoms with E-state index in [1.54, 1.807) is 12.1 Å². The van der Waals surface area contributed by atoms with E-state index in [1.165, 1.54) is 12.1 Å². The molecule has 1 amide bonds. The van der Waals surface area contributed by atoms with Gasteiger partial charge in [0.25, 0.3) is 0 Å². The van der Waals surface area contributed by atoms with Crippen LogP contribution in [0.1, 0.15) is 83.1 Å². The molecular formula is C30H49FN4O4S. The predicted molar refractivity (Wildman–Crippen MR) is 158 cm³/mol. The fourth-order valence-electron chi connectivity index (χ4n) is 7.74. The van der Waals surface area contributed by atoms with E-state index in [4.69, 9.17) is 10.5 Å². The summed E-state index contributed by atoms with van der Waals surface area (Å²) in [5, 5.41) is 6.93. The first-order valence-corrected chi connectivity index (χ1v) is 16.9. The van der Waals surface area contributed by atoms with Gasteiger partial charge < -0.3 is 21.1 Å². The number of piperazine rings is 1. The van der Waals surface area contributed by atoms with Crippen molar-refractivity contribution in [1.82, 2.24) is 14.9 Å². The zero-order chi connectivity index (χ0) is 28.5. The van der Waals surface area contributed by atoms with Crippen LogP contribution in [-0.4, -0.2) is 74.5 Å². The summed E-state index contributed by atoms with van der Waals surface area (Å²) in [6.07, 6.45) is 8.26. The summed E-state index contributed by atoms with van der Waals surface area (Å²) < 4.78 is 43.3. The molecule has 1 aromatic carbocycles. The van der Waals surface area contributed by atoms with E-state index in [0.717, 1.165) is 69.9 Å². The third kappa shape index (κ3) is 7.02. The first-order chi connectivity index (χ1) is 19.0. The number of rotatable bonds is 8. The van der Waals surface area contributed by atoms with Crippen LogP contribution in [0.4, 0.5) is 4.39 Å². The minimum Gasteiger partial charge on any atom is -0.376 e. The van der Waals surface area contributed by atoms with Crippen LogP contribution < -0.4 is 16.4 Å². The summed E-state index contributed by atoms with van der Waals surface area (Å²) >= 11 is 0. The van der Waals surface area contributed by atoms with Crippen molar-refractivity contribution in [1.29, 1.82) is 0 Å². The first-order valence-electron chi connectivity index (χ1n) is 15.2. The Hall–Kier alpha value is -1.27. The van der Waals surface area contributed by atoms with E-state index in [1.807, 2.05) is 4.31 Å². The summed E-state index contributed by atoms with van der Waals surface area (Å²) in [7, 11) is -2.71. The Morgan fingerprint density at radius 2 is 1.98 bits per heavy atom. The van der Waals surface area contributed by atoms with E-state index < -0.39 is 16.8 Å². The number of carbonyl (C=O) groups is 1. The lowest BCUT2D eigenvalue weighted by atomic mass is 9.73. The van der Waals surface area contributed by atoms with E-state index in [9.17, 15) is 18.3 Å². The van der Waals surface area contributed by atoms with Crippen molar-refractivity contribution in [3.8, 4) is 0 Å². The molecule has 6 N–H and O–H groups in total. The summed E-state index contributed by atoms with van der Waals surface area (Å²) in [4.78, 5) is 13.7. The van der Waals surface area contributed by atoms with Crippen molar-refractivity contribution in [2.75, 3.05) is 25.4 Å². The standard InChI is InChI=1S/C30H49FN4O4S/c1-30(2)17-22(14-15-39-30)27(21-8-11-23(31)12-9-21)28(32)29(36)34-26-7-3-5-20(26)10-13-25-18-33-24-6-4-16-40(37,38)35(25)19-24/h8-9,11-12,20,22,24-28,33,37-38H,3-7,10,13-19,32H2,1-2H3,(H,34,36)/t20-,22?,24-,25+,26+,27+,28+/m1/s1. The number of halogens is 1. The van der Waals surface area contributed by atoms with Crippen molar-refractivity contribution >= 4 is 16.7 Å². The molecule has 3 heterocycles. The Kier molecular flexibility index (Phi) is 9.46. The topological polar surface area (TPSA) is 120 Å². The van der Waals surface area contributed by atoms with Crippen molar-refractivity contribution < 1.29 is 23.0 Å². The summed E-state index contributed by atoms with van der Waals surface area (Å²) in [5.41, 5.74) is 7.35. The van der Waals surface area contributed by atoms with Gasteiger partial charge in [0.1, 0.15) is 5.82 Å². The minimum absolute atomic E-state index is 0.0623. The van der Waals surface area contributed by atoms with E-state index in [-0.39, 0.29) is 41.2 Å². The van der Waals surface area contributed by atoms with Crippen LogP contribution in [0, 0.1) is 17.7 Å². The average molecular weight is 581 g/mol. The number of nitrogens with two attached hydrogens (primary N) is 1. The molecule has 3 saturated heterocycles. The molecule has 0 radical (unpaired) electrons. The minimum atomic E-state index is -2.71. The van der Waals surface area contributed by atoms with E-state index in [2.05, 4.69) is 24.5 Å². The van der Waals surface area contributed by atoms with Gasteiger partial charge in [-0.25, -0.2) is 8.70 Å². The number of benzene rings is 1. The number of carbonyl (C=O) groups excluding carboxylic acids is 1. The molecule has 0 aromatic heterocycles. The Morgan fingerprint density at radius 1 is 1.20 bits per heavy atom. The summed E-state index contributed by atoms with van der Waals surface area (Å²) in [5.74, 6) is 0.296. The number of nitrogens with one attached hydrogen (secondary N) is 2. The van der Waals surface area contributed by atoms with Gasteiger partial charge in [-0.15, -0.1) is 10.8 Å². The Bertz CT molecular complexity index is 1010. The Balaban J connectivity index is 1.23. The Morgan fingerprint density at radius 3 is 2.73 bits per heavy atom. The molecule has 2 unspecified atom stereocenters. The molecule has 10 heteroatoms. The molecule has 40 heavy (non-hydrogen) atoms. The smallest absolute Gasteiger partial charge is 0.237 e. The molecule has 4 aliphatic rings. The molecule has 8 nitrogen and oxygen atoms in total. The van der Waals surface area contributed by atoms with Gasteiger partial charge in [-0.05, 0) is 94.7 Å². The summed E-state index contributed by atoms with van der Waals surface area (Å²) in [6, 6.07) is 6.19. The average Bonchev–Trinajstić information content (AvgIpc) is 3.30. The molecule has 1 aromatic rings. The van der Waals surface area contributed by atoms with Crippen LogP contribution in [0.5, 0.6) is 0 Å². The number of amides is 1. The van der Waals surface area contributed by atoms with Gasteiger partial charge in [-0.3, -0.25) is 13.9 Å². The van der Waals surface area contributed by atoms with E-state index in [0.29, 0.717) is 30.9 Å². The molecule has 3 aliphatic heterocycles.